The summed E-state index contributed by atoms with van der Waals surface area (Å²) < 4.78 is 11.6. The molecule has 1 aliphatic rings. The molecule has 0 unspecified atom stereocenters. The van der Waals surface area contributed by atoms with Crippen LogP contribution in [0.5, 0.6) is 11.5 Å². The number of aliphatic hydroxyl groups excluding tert-OH is 1. The van der Waals surface area contributed by atoms with E-state index < -0.39 is 23.5 Å². The van der Waals surface area contributed by atoms with Crippen LogP contribution < -0.4 is 14.8 Å². The van der Waals surface area contributed by atoms with Crippen LogP contribution in [0.1, 0.15) is 44.7 Å². The monoisotopic (exact) mass is 643 g/mol. The van der Waals surface area contributed by atoms with Crippen molar-refractivity contribution in [1.29, 1.82) is 5.26 Å². The molecule has 0 saturated carbocycles. The number of unbranched alkanes of at least 4 members (excludes halogenated alkanes) is 1. The van der Waals surface area contributed by atoms with Gasteiger partial charge in [0.15, 0.2) is 0 Å². The van der Waals surface area contributed by atoms with Gasteiger partial charge >= 0.3 is 11.9 Å². The minimum Gasteiger partial charge on any atom is -0.493 e. The van der Waals surface area contributed by atoms with Gasteiger partial charge in [-0.1, -0.05) is 18.2 Å². The molecule has 2 aromatic rings. The molecule has 0 amide bonds. The number of nitrogens with zero attached hydrogens (tertiary/aromatic N) is 2. The highest BCUT2D eigenvalue weighted by Crippen LogP contribution is 2.49. The summed E-state index contributed by atoms with van der Waals surface area (Å²) in [6.07, 6.45) is 0.713. The van der Waals surface area contributed by atoms with Gasteiger partial charge in [0.25, 0.3) is 0 Å². The van der Waals surface area contributed by atoms with Crippen LogP contribution in [-0.2, 0) is 15.0 Å². The number of aliphatic hydroxyl groups is 1. The first-order chi connectivity index (χ1) is 19.5. The van der Waals surface area contributed by atoms with Crippen molar-refractivity contribution in [3.63, 3.8) is 0 Å². The molecule has 2 aromatic carbocycles. The van der Waals surface area contributed by atoms with E-state index in [2.05, 4.69) is 11.4 Å². The Hall–Kier alpha value is -3.85. The van der Waals surface area contributed by atoms with Crippen LogP contribution in [0.4, 0.5) is 0 Å². The van der Waals surface area contributed by atoms with Gasteiger partial charge in [-0.2, -0.15) is 5.26 Å². The zero-order valence-corrected chi connectivity index (χ0v) is 25.9. The summed E-state index contributed by atoms with van der Waals surface area (Å²) in [7, 11) is 1.63. The van der Waals surface area contributed by atoms with Crippen molar-refractivity contribution in [3.8, 4) is 17.6 Å². The third-order valence-electron chi connectivity index (χ3n) is 7.38. The third kappa shape index (κ3) is 7.70. The van der Waals surface area contributed by atoms with Crippen molar-refractivity contribution < 1.29 is 34.4 Å². The molecule has 0 spiro atoms. The van der Waals surface area contributed by atoms with Crippen LogP contribution in [0.2, 0.25) is 0 Å². The number of aliphatic carboxylic acids is 2. The van der Waals surface area contributed by atoms with Crippen molar-refractivity contribution in [2.24, 2.45) is 0 Å². The number of carbonyl (C=O) groups is 2. The van der Waals surface area contributed by atoms with E-state index in [-0.39, 0.29) is 46.9 Å². The Bertz CT molecular complexity index is 1330. The standard InChI is InChI=1S/C31H37N3O7.BrH/c1-20-27(29(36)37)31(3,28(30(38)39)21(2)34(20)4)25-16-22(17-32)12-13-26(25)40-15-9-8-14-33-18-23(35)19-41-24-10-6-5-7-11-24;/h5-7,10-13,16,23,33,35H,8-9,14-15,18-19H2,1-4H3,(H,36,37)(H,38,39);1H/t23-;/m0./s1. The topological polar surface area (TPSA) is 152 Å². The molecule has 1 atom stereocenters. The van der Waals surface area contributed by atoms with Gasteiger partial charge < -0.3 is 35.0 Å². The summed E-state index contributed by atoms with van der Waals surface area (Å²) in [6.45, 7) is 6.29. The quantitative estimate of drug-likeness (QED) is 0.220. The third-order valence-corrected chi connectivity index (χ3v) is 7.38. The van der Waals surface area contributed by atoms with Gasteiger partial charge in [0.05, 0.1) is 34.8 Å². The highest BCUT2D eigenvalue weighted by Gasteiger charge is 2.49. The number of hydrogen-bond acceptors (Lipinski definition) is 8. The molecule has 0 fully saturated rings. The molecule has 226 valence electrons. The predicted molar refractivity (Wildman–Crippen MR) is 163 cm³/mol. The molecule has 42 heavy (non-hydrogen) atoms. The second kappa shape index (κ2) is 15.4. The average molecular weight is 645 g/mol. The Labute approximate surface area is 256 Å². The number of ether oxygens (including phenoxy) is 2. The lowest BCUT2D eigenvalue weighted by atomic mass is 9.66. The van der Waals surface area contributed by atoms with E-state index in [1.807, 2.05) is 30.3 Å². The molecule has 0 radical (unpaired) electrons. The molecule has 0 aromatic heterocycles. The molecule has 11 heteroatoms. The number of allylic oxidation sites excluding steroid dienone is 2. The fraction of sp³-hybridized carbons (Fsp3) is 0.387. The Morgan fingerprint density at radius 3 is 2.21 bits per heavy atom. The zero-order valence-electron chi connectivity index (χ0n) is 24.2. The maximum absolute atomic E-state index is 12.5. The lowest BCUT2D eigenvalue weighted by Gasteiger charge is -2.42. The molecule has 0 aliphatic carbocycles. The SMILES string of the molecule is Br.CC1=C(C(=O)O)C(C)(c2cc(C#N)ccc2OCCCCNC[C@H](O)COc2ccccc2)C(C(=O)O)=C(C)N1C. The van der Waals surface area contributed by atoms with Crippen molar-refractivity contribution in [1.82, 2.24) is 10.2 Å². The largest absolute Gasteiger partial charge is 0.493 e. The van der Waals surface area contributed by atoms with Crippen molar-refractivity contribution in [2.45, 2.75) is 45.1 Å². The fourth-order valence-electron chi connectivity index (χ4n) is 5.13. The van der Waals surface area contributed by atoms with E-state index in [4.69, 9.17) is 9.47 Å². The van der Waals surface area contributed by atoms with E-state index in [1.54, 1.807) is 44.9 Å². The van der Waals surface area contributed by atoms with E-state index in [9.17, 15) is 30.2 Å². The van der Waals surface area contributed by atoms with Crippen molar-refractivity contribution >= 4 is 28.9 Å². The van der Waals surface area contributed by atoms with Gasteiger partial charge in [0.2, 0.25) is 0 Å². The minimum absolute atomic E-state index is 0. The van der Waals surface area contributed by atoms with Gasteiger partial charge in [-0.05, 0) is 70.5 Å². The van der Waals surface area contributed by atoms with Crippen molar-refractivity contribution in [2.75, 3.05) is 33.4 Å². The number of halogens is 1. The molecule has 1 aliphatic heterocycles. The lowest BCUT2D eigenvalue weighted by Crippen LogP contribution is -2.43. The molecule has 10 nitrogen and oxygen atoms in total. The molecule has 0 saturated heterocycles. The van der Waals surface area contributed by atoms with Crippen LogP contribution in [0.25, 0.3) is 0 Å². The number of nitriles is 1. The zero-order chi connectivity index (χ0) is 30.2. The van der Waals surface area contributed by atoms with E-state index in [0.29, 0.717) is 48.0 Å². The first kappa shape index (κ1) is 34.4. The Balaban J connectivity index is 0.00000616. The second-order valence-corrected chi connectivity index (χ2v) is 10.1. The number of hydrogen-bond donors (Lipinski definition) is 4. The van der Waals surface area contributed by atoms with Crippen LogP contribution >= 0.6 is 17.0 Å². The summed E-state index contributed by atoms with van der Waals surface area (Å²) in [5.41, 5.74) is -0.408. The van der Waals surface area contributed by atoms with E-state index in [0.717, 1.165) is 6.42 Å². The fourth-order valence-corrected chi connectivity index (χ4v) is 5.13. The Morgan fingerprint density at radius 1 is 1.02 bits per heavy atom. The van der Waals surface area contributed by atoms with E-state index in [1.165, 1.54) is 6.07 Å². The number of nitrogens with one attached hydrogen (secondary N) is 1. The lowest BCUT2D eigenvalue weighted by molar-refractivity contribution is -0.134. The summed E-state index contributed by atoms with van der Waals surface area (Å²) >= 11 is 0. The highest BCUT2D eigenvalue weighted by molar-refractivity contribution is 8.93. The van der Waals surface area contributed by atoms with Crippen LogP contribution in [-0.4, -0.2) is 71.6 Å². The molecular formula is C31H38BrN3O7. The van der Waals surface area contributed by atoms with Crippen LogP contribution in [0.15, 0.2) is 71.1 Å². The molecule has 4 N–H and O–H groups in total. The minimum atomic E-state index is -1.58. The van der Waals surface area contributed by atoms with Gasteiger partial charge in [0, 0.05) is 30.5 Å². The molecule has 0 bridgehead atoms. The first-order valence-electron chi connectivity index (χ1n) is 13.4. The number of carboxylic acid groups (broad SMARTS) is 2. The Morgan fingerprint density at radius 2 is 1.64 bits per heavy atom. The molecule has 3 rings (SSSR count). The molecular weight excluding hydrogens is 606 g/mol. The van der Waals surface area contributed by atoms with Crippen molar-refractivity contribution in [3.05, 3.63) is 82.2 Å². The summed E-state index contributed by atoms with van der Waals surface area (Å²) in [5, 5.41) is 43.3. The summed E-state index contributed by atoms with van der Waals surface area (Å²) in [5.74, 6) is -1.49. The maximum Gasteiger partial charge on any atom is 0.334 e. The van der Waals surface area contributed by atoms with Gasteiger partial charge in [-0.25, -0.2) is 9.59 Å². The maximum atomic E-state index is 12.5. The summed E-state index contributed by atoms with van der Waals surface area (Å²) in [6, 6.07) is 16.0. The average Bonchev–Trinajstić information content (AvgIpc) is 2.94. The summed E-state index contributed by atoms with van der Waals surface area (Å²) in [4.78, 5) is 26.6. The van der Waals surface area contributed by atoms with E-state index >= 15 is 0 Å². The predicted octanol–water partition coefficient (Wildman–Crippen LogP) is 4.24. The highest BCUT2D eigenvalue weighted by atomic mass is 79.9. The number of benzene rings is 2. The van der Waals surface area contributed by atoms with Gasteiger partial charge in [-0.3, -0.25) is 0 Å². The number of carboxylic acids is 2. The van der Waals surface area contributed by atoms with Crippen LogP contribution in [0.3, 0.4) is 0 Å². The molecule has 1 heterocycles. The normalized spacial score (nSPS) is 15.0. The first-order valence-corrected chi connectivity index (χ1v) is 13.4. The van der Waals surface area contributed by atoms with Gasteiger partial charge in [0.1, 0.15) is 24.2 Å². The van der Waals surface area contributed by atoms with Crippen LogP contribution in [0, 0.1) is 11.3 Å². The number of rotatable bonds is 14. The van der Waals surface area contributed by atoms with Gasteiger partial charge in [-0.15, -0.1) is 17.0 Å². The second-order valence-electron chi connectivity index (χ2n) is 10.1. The Kier molecular flexibility index (Phi) is 12.6. The number of para-hydroxylation sites is 1. The smallest absolute Gasteiger partial charge is 0.334 e.